The Bertz CT molecular complexity index is 904. The third-order valence-corrected chi connectivity index (χ3v) is 4.84. The molecule has 130 valence electrons. The lowest BCUT2D eigenvalue weighted by Crippen LogP contribution is -2.12. The third-order valence-electron chi connectivity index (χ3n) is 3.64. The highest BCUT2D eigenvalue weighted by molar-refractivity contribution is 7.20. The Morgan fingerprint density at radius 2 is 1.92 bits per heavy atom. The van der Waals surface area contributed by atoms with Crippen LogP contribution >= 0.6 is 11.3 Å². The number of nitrogens with zero attached hydrogens (tertiary/aromatic N) is 2. The van der Waals surface area contributed by atoms with Gasteiger partial charge in [0, 0.05) is 18.1 Å². The molecule has 0 saturated carbocycles. The lowest BCUT2D eigenvalue weighted by Gasteiger charge is -2.08. The van der Waals surface area contributed by atoms with Gasteiger partial charge in [-0.05, 0) is 51.1 Å². The molecule has 6 nitrogen and oxygen atoms in total. The molecule has 0 saturated heterocycles. The molecule has 0 spiro atoms. The molecule has 0 aliphatic carbocycles. The minimum atomic E-state index is -0.375. The maximum Gasteiger partial charge on any atom is 0.338 e. The molecule has 0 aliphatic heterocycles. The smallest absolute Gasteiger partial charge is 0.338 e. The average molecular weight is 357 g/mol. The van der Waals surface area contributed by atoms with Gasteiger partial charge >= 0.3 is 5.97 Å². The van der Waals surface area contributed by atoms with Crippen molar-refractivity contribution in [2.75, 3.05) is 5.32 Å². The van der Waals surface area contributed by atoms with Crippen LogP contribution in [0.5, 0.6) is 0 Å². The number of carbonyl (C=O) groups is 2. The molecular formula is C18H19N3O3S. The van der Waals surface area contributed by atoms with Gasteiger partial charge in [0.15, 0.2) is 0 Å². The quantitative estimate of drug-likeness (QED) is 0.722. The van der Waals surface area contributed by atoms with Crippen LogP contribution in [0.1, 0.15) is 39.6 Å². The topological polar surface area (TPSA) is 73.2 Å². The second-order valence-corrected chi connectivity index (χ2v) is 7.05. The Morgan fingerprint density at radius 3 is 2.52 bits per heavy atom. The minimum Gasteiger partial charge on any atom is -0.459 e. The fourth-order valence-electron chi connectivity index (χ4n) is 2.48. The second kappa shape index (κ2) is 6.68. The summed E-state index contributed by atoms with van der Waals surface area (Å²) in [7, 11) is 1.86. The van der Waals surface area contributed by atoms with Crippen molar-refractivity contribution in [2.45, 2.75) is 26.9 Å². The molecule has 7 heteroatoms. The van der Waals surface area contributed by atoms with Crippen molar-refractivity contribution in [1.82, 2.24) is 9.78 Å². The van der Waals surface area contributed by atoms with Crippen molar-refractivity contribution in [1.29, 1.82) is 0 Å². The Morgan fingerprint density at radius 1 is 1.24 bits per heavy atom. The number of aromatic nitrogens is 2. The molecule has 0 unspecified atom stereocenters. The molecule has 0 bridgehead atoms. The highest BCUT2D eigenvalue weighted by Gasteiger charge is 2.15. The summed E-state index contributed by atoms with van der Waals surface area (Å²) in [5.74, 6) is -0.557. The van der Waals surface area contributed by atoms with Crippen LogP contribution in [0.2, 0.25) is 0 Å². The minimum absolute atomic E-state index is 0.169. The first-order valence-electron chi connectivity index (χ1n) is 7.90. The summed E-state index contributed by atoms with van der Waals surface area (Å²) in [5, 5.41) is 8.17. The van der Waals surface area contributed by atoms with Crippen molar-refractivity contribution >= 4 is 39.1 Å². The van der Waals surface area contributed by atoms with E-state index < -0.39 is 0 Å². The van der Waals surface area contributed by atoms with Gasteiger partial charge in [0.05, 0.1) is 22.2 Å². The first kappa shape index (κ1) is 17.2. The van der Waals surface area contributed by atoms with E-state index in [-0.39, 0.29) is 18.0 Å². The molecule has 0 aliphatic rings. The predicted octanol–water partition coefficient (Wildman–Crippen LogP) is 3.76. The summed E-state index contributed by atoms with van der Waals surface area (Å²) in [5.41, 5.74) is 1.98. The Kier molecular flexibility index (Phi) is 4.59. The molecule has 3 aromatic rings. The van der Waals surface area contributed by atoms with Gasteiger partial charge in [-0.3, -0.25) is 9.48 Å². The Balaban J connectivity index is 1.73. The number of amides is 1. The summed E-state index contributed by atoms with van der Waals surface area (Å²) >= 11 is 1.40. The molecule has 1 aromatic carbocycles. The second-order valence-electron chi connectivity index (χ2n) is 6.02. The molecular weight excluding hydrogens is 338 g/mol. The van der Waals surface area contributed by atoms with E-state index in [1.165, 1.54) is 11.3 Å². The number of anilines is 1. The van der Waals surface area contributed by atoms with Gasteiger partial charge in [0.1, 0.15) is 4.83 Å². The van der Waals surface area contributed by atoms with Crippen LogP contribution in [-0.2, 0) is 11.8 Å². The highest BCUT2D eigenvalue weighted by atomic mass is 32.1. The zero-order valence-electron chi connectivity index (χ0n) is 14.5. The van der Waals surface area contributed by atoms with E-state index in [4.69, 9.17) is 4.74 Å². The molecule has 0 radical (unpaired) electrons. The number of fused-ring (bicyclic) bond motifs is 1. The Hall–Kier alpha value is -2.67. The Labute approximate surface area is 149 Å². The zero-order chi connectivity index (χ0) is 18.1. The number of hydrogen-bond acceptors (Lipinski definition) is 5. The molecule has 0 fully saturated rings. The summed E-state index contributed by atoms with van der Waals surface area (Å²) in [6, 6.07) is 8.51. The van der Waals surface area contributed by atoms with E-state index in [2.05, 4.69) is 10.4 Å². The van der Waals surface area contributed by atoms with Gasteiger partial charge < -0.3 is 10.1 Å². The first-order chi connectivity index (χ1) is 11.8. The standard InChI is InChI=1S/C18H19N3O3S/c1-10(2)24-18(23)12-5-7-13(8-6-12)19-16(22)15-9-14-11(3)20-21(4)17(14)25-15/h5-10H,1-4H3,(H,19,22). The SMILES string of the molecule is Cc1nn(C)c2sc(C(=O)Nc3ccc(C(=O)OC(C)C)cc3)cc12. The van der Waals surface area contributed by atoms with Crippen LogP contribution in [-0.4, -0.2) is 27.8 Å². The summed E-state index contributed by atoms with van der Waals surface area (Å²) in [6.45, 7) is 5.52. The molecule has 2 heterocycles. The number of rotatable bonds is 4. The highest BCUT2D eigenvalue weighted by Crippen LogP contribution is 2.28. The number of esters is 1. The number of thiophene rings is 1. The van der Waals surface area contributed by atoms with Crippen molar-refractivity contribution in [3.05, 3.63) is 46.5 Å². The molecule has 1 amide bonds. The van der Waals surface area contributed by atoms with Crippen LogP contribution in [0.15, 0.2) is 30.3 Å². The number of carbonyl (C=O) groups excluding carboxylic acids is 2. The molecule has 2 aromatic heterocycles. The van der Waals surface area contributed by atoms with Crippen LogP contribution < -0.4 is 5.32 Å². The largest absolute Gasteiger partial charge is 0.459 e. The maximum absolute atomic E-state index is 12.4. The summed E-state index contributed by atoms with van der Waals surface area (Å²) in [6.07, 6.45) is -0.169. The normalized spacial score (nSPS) is 11.1. The van der Waals surface area contributed by atoms with Gasteiger partial charge in [0.2, 0.25) is 0 Å². The summed E-state index contributed by atoms with van der Waals surface area (Å²) in [4.78, 5) is 25.9. The lowest BCUT2D eigenvalue weighted by atomic mass is 10.2. The lowest BCUT2D eigenvalue weighted by molar-refractivity contribution is 0.0378. The number of hydrogen-bond donors (Lipinski definition) is 1. The van der Waals surface area contributed by atoms with Crippen molar-refractivity contribution in [2.24, 2.45) is 7.05 Å². The van der Waals surface area contributed by atoms with Gasteiger partial charge in [-0.25, -0.2) is 4.79 Å². The van der Waals surface area contributed by atoms with Gasteiger partial charge in [-0.1, -0.05) is 0 Å². The molecule has 25 heavy (non-hydrogen) atoms. The fourth-order valence-corrected chi connectivity index (χ4v) is 3.50. The molecule has 3 rings (SSSR count). The van der Waals surface area contributed by atoms with Crippen LogP contribution in [0, 0.1) is 6.92 Å². The number of ether oxygens (including phenoxy) is 1. The zero-order valence-corrected chi connectivity index (χ0v) is 15.3. The maximum atomic E-state index is 12.4. The van der Waals surface area contributed by atoms with Crippen molar-refractivity contribution in [3.8, 4) is 0 Å². The van der Waals surface area contributed by atoms with E-state index in [1.807, 2.05) is 20.0 Å². The average Bonchev–Trinajstić information content (AvgIpc) is 3.09. The van der Waals surface area contributed by atoms with Crippen LogP contribution in [0.3, 0.4) is 0 Å². The number of nitrogens with one attached hydrogen (secondary N) is 1. The van der Waals surface area contributed by atoms with Crippen molar-refractivity contribution in [3.63, 3.8) is 0 Å². The molecule has 1 N–H and O–H groups in total. The molecule has 0 atom stereocenters. The van der Waals surface area contributed by atoms with Gasteiger partial charge in [-0.2, -0.15) is 5.10 Å². The predicted molar refractivity (Wildman–Crippen MR) is 98.3 cm³/mol. The number of benzene rings is 1. The van der Waals surface area contributed by atoms with Crippen molar-refractivity contribution < 1.29 is 14.3 Å². The van der Waals surface area contributed by atoms with Gasteiger partial charge in [0.25, 0.3) is 5.91 Å². The number of aryl methyl sites for hydroxylation is 2. The van der Waals surface area contributed by atoms with E-state index >= 15 is 0 Å². The van der Waals surface area contributed by atoms with Crippen LogP contribution in [0.4, 0.5) is 5.69 Å². The monoisotopic (exact) mass is 357 g/mol. The summed E-state index contributed by atoms with van der Waals surface area (Å²) < 4.78 is 6.92. The fraction of sp³-hybridized carbons (Fsp3) is 0.278. The third kappa shape index (κ3) is 3.56. The van der Waals surface area contributed by atoms with Crippen LogP contribution in [0.25, 0.3) is 10.2 Å². The van der Waals surface area contributed by atoms with E-state index in [0.29, 0.717) is 16.1 Å². The first-order valence-corrected chi connectivity index (χ1v) is 8.72. The van der Waals surface area contributed by atoms with E-state index in [1.54, 1.807) is 42.8 Å². The van der Waals surface area contributed by atoms with E-state index in [9.17, 15) is 9.59 Å². The van der Waals surface area contributed by atoms with Gasteiger partial charge in [-0.15, -0.1) is 11.3 Å². The van der Waals surface area contributed by atoms with E-state index in [0.717, 1.165) is 15.9 Å².